The Hall–Kier alpha value is -3.03. The Labute approximate surface area is 181 Å². The SMILES string of the molecule is Cc1c(Cc2ccc(Cl)cc2)c(NC2CCCC2)n2c(nc3ccccc32)c1C#N. The third-order valence-corrected chi connectivity index (χ3v) is 6.48. The van der Waals surface area contributed by atoms with Crippen molar-refractivity contribution in [2.24, 2.45) is 0 Å². The number of rotatable bonds is 4. The Bertz CT molecular complexity index is 1270. The smallest absolute Gasteiger partial charge is 0.157 e. The lowest BCUT2D eigenvalue weighted by molar-refractivity contribution is 0.746. The second kappa shape index (κ2) is 7.66. The van der Waals surface area contributed by atoms with Crippen molar-refractivity contribution in [2.45, 2.75) is 45.1 Å². The molecule has 0 aliphatic heterocycles. The summed E-state index contributed by atoms with van der Waals surface area (Å²) in [4.78, 5) is 4.82. The Balaban J connectivity index is 1.79. The van der Waals surface area contributed by atoms with Crippen molar-refractivity contribution >= 4 is 34.1 Å². The third kappa shape index (κ3) is 3.20. The zero-order chi connectivity index (χ0) is 20.7. The molecule has 1 aliphatic carbocycles. The number of benzene rings is 2. The third-order valence-electron chi connectivity index (χ3n) is 6.22. The fraction of sp³-hybridized carbons (Fsp3) is 0.280. The van der Waals surface area contributed by atoms with Gasteiger partial charge in [0.05, 0.1) is 16.6 Å². The maximum Gasteiger partial charge on any atom is 0.157 e. The van der Waals surface area contributed by atoms with Crippen LogP contribution in [0.15, 0.2) is 48.5 Å². The Morgan fingerprint density at radius 3 is 2.60 bits per heavy atom. The summed E-state index contributed by atoms with van der Waals surface area (Å²) in [6, 6.07) is 18.9. The highest BCUT2D eigenvalue weighted by Gasteiger charge is 2.24. The van der Waals surface area contributed by atoms with Crippen LogP contribution in [0.3, 0.4) is 0 Å². The molecular formula is C25H23ClN4. The van der Waals surface area contributed by atoms with Crippen molar-refractivity contribution in [3.8, 4) is 6.07 Å². The predicted molar refractivity (Wildman–Crippen MR) is 122 cm³/mol. The molecule has 1 aliphatic rings. The summed E-state index contributed by atoms with van der Waals surface area (Å²) in [5.74, 6) is 1.07. The number of halogens is 1. The minimum Gasteiger partial charge on any atom is -0.368 e. The second-order valence-corrected chi connectivity index (χ2v) is 8.56. The van der Waals surface area contributed by atoms with Crippen LogP contribution in [0.1, 0.15) is 47.9 Å². The van der Waals surface area contributed by atoms with Gasteiger partial charge in [-0.2, -0.15) is 5.26 Å². The van der Waals surface area contributed by atoms with E-state index >= 15 is 0 Å². The quantitative estimate of drug-likeness (QED) is 0.428. The van der Waals surface area contributed by atoms with Crippen molar-refractivity contribution < 1.29 is 0 Å². The van der Waals surface area contributed by atoms with E-state index in [2.05, 4.69) is 34.0 Å². The summed E-state index contributed by atoms with van der Waals surface area (Å²) < 4.78 is 2.16. The molecule has 5 heteroatoms. The molecule has 0 radical (unpaired) electrons. The molecule has 5 rings (SSSR count). The lowest BCUT2D eigenvalue weighted by atomic mass is 9.97. The highest BCUT2D eigenvalue weighted by Crippen LogP contribution is 2.34. The van der Waals surface area contributed by atoms with Crippen LogP contribution in [-0.2, 0) is 6.42 Å². The highest BCUT2D eigenvalue weighted by atomic mass is 35.5. The van der Waals surface area contributed by atoms with Gasteiger partial charge in [0.2, 0.25) is 0 Å². The molecule has 0 spiro atoms. The molecule has 30 heavy (non-hydrogen) atoms. The van der Waals surface area contributed by atoms with Crippen LogP contribution < -0.4 is 5.32 Å². The van der Waals surface area contributed by atoms with Gasteiger partial charge in [-0.3, -0.25) is 4.40 Å². The number of para-hydroxylation sites is 2. The zero-order valence-electron chi connectivity index (χ0n) is 17.0. The largest absolute Gasteiger partial charge is 0.368 e. The molecule has 150 valence electrons. The lowest BCUT2D eigenvalue weighted by Crippen LogP contribution is -2.20. The number of aromatic nitrogens is 2. The first-order chi connectivity index (χ1) is 14.7. The second-order valence-electron chi connectivity index (χ2n) is 8.13. The van der Waals surface area contributed by atoms with Crippen LogP contribution in [-0.4, -0.2) is 15.4 Å². The molecule has 2 aromatic heterocycles. The molecule has 2 heterocycles. The van der Waals surface area contributed by atoms with Crippen LogP contribution in [0.2, 0.25) is 5.02 Å². The van der Waals surface area contributed by atoms with Gasteiger partial charge in [0.1, 0.15) is 11.9 Å². The van der Waals surface area contributed by atoms with E-state index in [-0.39, 0.29) is 0 Å². The normalized spacial score (nSPS) is 14.4. The van der Waals surface area contributed by atoms with E-state index in [0.717, 1.165) is 45.1 Å². The van der Waals surface area contributed by atoms with Gasteiger partial charge in [-0.1, -0.05) is 48.7 Å². The fourth-order valence-electron chi connectivity index (χ4n) is 4.62. The lowest BCUT2D eigenvalue weighted by Gasteiger charge is -2.22. The standard InChI is InChI=1S/C25H23ClN4/c1-16-20(14-17-10-12-18(26)13-11-17)24(28-19-6-2-3-7-19)30-23-9-5-4-8-22(23)29-25(30)21(16)15-27/h4-5,8-13,19,28H,2-3,6-7,14H2,1H3. The molecule has 1 saturated carbocycles. The van der Waals surface area contributed by atoms with Crippen LogP contribution in [0.4, 0.5) is 5.82 Å². The Morgan fingerprint density at radius 2 is 1.87 bits per heavy atom. The van der Waals surface area contributed by atoms with Crippen LogP contribution in [0.5, 0.6) is 0 Å². The summed E-state index contributed by atoms with van der Waals surface area (Å²) in [6.07, 6.45) is 5.59. The van der Waals surface area contributed by atoms with Crippen LogP contribution in [0.25, 0.3) is 16.7 Å². The van der Waals surface area contributed by atoms with E-state index in [1.54, 1.807) is 0 Å². The van der Waals surface area contributed by atoms with Crippen LogP contribution >= 0.6 is 11.6 Å². The van der Waals surface area contributed by atoms with Crippen LogP contribution in [0, 0.1) is 18.3 Å². The molecule has 4 nitrogen and oxygen atoms in total. The molecule has 1 fully saturated rings. The minimum atomic E-state index is 0.450. The number of nitrogens with zero attached hydrogens (tertiary/aromatic N) is 3. The molecule has 1 N–H and O–H groups in total. The number of nitriles is 1. The van der Waals surface area contributed by atoms with E-state index in [1.807, 2.05) is 37.3 Å². The molecule has 4 aromatic rings. The summed E-state index contributed by atoms with van der Waals surface area (Å²) in [5.41, 5.74) is 6.63. The van der Waals surface area contributed by atoms with E-state index in [9.17, 15) is 5.26 Å². The average Bonchev–Trinajstić information content (AvgIpc) is 3.40. The van der Waals surface area contributed by atoms with Crippen molar-refractivity contribution in [3.63, 3.8) is 0 Å². The number of nitrogens with one attached hydrogen (secondary N) is 1. The van der Waals surface area contributed by atoms with Gasteiger partial charge >= 0.3 is 0 Å². The number of anilines is 1. The first-order valence-electron chi connectivity index (χ1n) is 10.5. The number of hydrogen-bond donors (Lipinski definition) is 1. The van der Waals surface area contributed by atoms with Crippen molar-refractivity contribution in [3.05, 3.63) is 75.8 Å². The van der Waals surface area contributed by atoms with Crippen molar-refractivity contribution in [1.82, 2.24) is 9.38 Å². The topological polar surface area (TPSA) is 53.1 Å². The first-order valence-corrected chi connectivity index (χ1v) is 10.9. The Kier molecular flexibility index (Phi) is 4.84. The monoisotopic (exact) mass is 414 g/mol. The molecule has 0 bridgehead atoms. The van der Waals surface area contributed by atoms with Crippen molar-refractivity contribution in [2.75, 3.05) is 5.32 Å². The highest BCUT2D eigenvalue weighted by molar-refractivity contribution is 6.30. The van der Waals surface area contributed by atoms with Gasteiger partial charge in [-0.25, -0.2) is 4.98 Å². The molecule has 0 unspecified atom stereocenters. The molecule has 0 atom stereocenters. The number of hydrogen-bond acceptors (Lipinski definition) is 3. The summed E-state index contributed by atoms with van der Waals surface area (Å²) in [5, 5.41) is 14.6. The first kappa shape index (κ1) is 19.0. The van der Waals surface area contributed by atoms with Gasteiger partial charge < -0.3 is 5.32 Å². The van der Waals surface area contributed by atoms with E-state index in [1.165, 1.54) is 31.2 Å². The number of fused-ring (bicyclic) bond motifs is 3. The number of pyridine rings is 1. The zero-order valence-corrected chi connectivity index (χ0v) is 17.7. The molecule has 0 amide bonds. The summed E-state index contributed by atoms with van der Waals surface area (Å²) >= 11 is 6.10. The molecule has 2 aromatic carbocycles. The van der Waals surface area contributed by atoms with E-state index < -0.39 is 0 Å². The number of imidazole rings is 1. The summed E-state index contributed by atoms with van der Waals surface area (Å²) in [7, 11) is 0. The van der Waals surface area contributed by atoms with Gasteiger partial charge in [0, 0.05) is 23.0 Å². The Morgan fingerprint density at radius 1 is 1.13 bits per heavy atom. The minimum absolute atomic E-state index is 0.450. The summed E-state index contributed by atoms with van der Waals surface area (Å²) in [6.45, 7) is 2.04. The van der Waals surface area contributed by atoms with E-state index in [4.69, 9.17) is 16.6 Å². The maximum atomic E-state index is 10.0. The fourth-order valence-corrected chi connectivity index (χ4v) is 4.75. The maximum absolute atomic E-state index is 10.0. The predicted octanol–water partition coefficient (Wildman–Crippen LogP) is 6.27. The van der Waals surface area contributed by atoms with Gasteiger partial charge in [0.25, 0.3) is 0 Å². The van der Waals surface area contributed by atoms with Gasteiger partial charge in [-0.15, -0.1) is 0 Å². The van der Waals surface area contributed by atoms with Gasteiger partial charge in [-0.05, 0) is 55.2 Å². The molecule has 0 saturated heterocycles. The average molecular weight is 415 g/mol. The van der Waals surface area contributed by atoms with Gasteiger partial charge in [0.15, 0.2) is 5.65 Å². The van der Waals surface area contributed by atoms with E-state index in [0.29, 0.717) is 11.6 Å². The molecular weight excluding hydrogens is 392 g/mol. The van der Waals surface area contributed by atoms with Crippen molar-refractivity contribution in [1.29, 1.82) is 5.26 Å².